The second-order valence-electron chi connectivity index (χ2n) is 6.20. The van der Waals surface area contributed by atoms with E-state index in [1.165, 1.54) is 4.90 Å². The van der Waals surface area contributed by atoms with Crippen LogP contribution in [-0.4, -0.2) is 54.3 Å². The van der Waals surface area contributed by atoms with Crippen molar-refractivity contribution < 1.29 is 19.2 Å². The first kappa shape index (κ1) is 16.9. The number of urea groups is 1. The summed E-state index contributed by atoms with van der Waals surface area (Å²) in [5, 5.41) is 4.59. The highest BCUT2D eigenvalue weighted by Gasteiger charge is 2.32. The Balaban J connectivity index is 1.55. The van der Waals surface area contributed by atoms with Crippen LogP contribution in [0, 0.1) is 6.92 Å². The number of rotatable bonds is 4. The summed E-state index contributed by atoms with van der Waals surface area (Å²) in [5.41, 5.74) is 1.88. The zero-order valence-electron chi connectivity index (χ0n) is 13.9. The van der Waals surface area contributed by atoms with Crippen molar-refractivity contribution in [3.8, 4) is 0 Å². The van der Waals surface area contributed by atoms with Gasteiger partial charge in [-0.1, -0.05) is 18.2 Å². The molecule has 2 N–H and O–H groups in total. The Morgan fingerprint density at radius 2 is 1.96 bits per heavy atom. The van der Waals surface area contributed by atoms with Gasteiger partial charge in [-0.15, -0.1) is 0 Å². The van der Waals surface area contributed by atoms with E-state index in [4.69, 9.17) is 0 Å². The molecule has 0 aromatic heterocycles. The van der Waals surface area contributed by atoms with Gasteiger partial charge in [0.15, 0.2) is 0 Å². The predicted octanol–water partition coefficient (Wildman–Crippen LogP) is 0.158. The summed E-state index contributed by atoms with van der Waals surface area (Å²) < 4.78 is 0. The van der Waals surface area contributed by atoms with Gasteiger partial charge in [0.25, 0.3) is 5.91 Å². The first-order valence-electron chi connectivity index (χ1n) is 8.21. The van der Waals surface area contributed by atoms with Gasteiger partial charge in [0.1, 0.15) is 12.6 Å². The first-order valence-corrected chi connectivity index (χ1v) is 8.21. The molecule has 2 aliphatic rings. The molecule has 0 bridgehead atoms. The summed E-state index contributed by atoms with van der Waals surface area (Å²) in [6.45, 7) is 2.86. The monoisotopic (exact) mass is 344 g/mol. The minimum absolute atomic E-state index is 0.0242. The van der Waals surface area contributed by atoms with Crippen molar-refractivity contribution in [3.63, 3.8) is 0 Å². The minimum atomic E-state index is -0.680. The van der Waals surface area contributed by atoms with Crippen molar-refractivity contribution in [2.75, 3.05) is 24.5 Å². The third kappa shape index (κ3) is 3.62. The molecule has 2 heterocycles. The lowest BCUT2D eigenvalue weighted by Crippen LogP contribution is -2.52. The predicted molar refractivity (Wildman–Crippen MR) is 89.8 cm³/mol. The summed E-state index contributed by atoms with van der Waals surface area (Å²) in [6.07, 6.45) is 0.332. The minimum Gasteiger partial charge on any atom is -0.332 e. The summed E-state index contributed by atoms with van der Waals surface area (Å²) in [6, 6.07) is 6.42. The van der Waals surface area contributed by atoms with Gasteiger partial charge in [0.2, 0.25) is 11.8 Å². The Kier molecular flexibility index (Phi) is 4.69. The number of hydrogen-bond acceptors (Lipinski definition) is 4. The molecule has 1 atom stereocenters. The Bertz CT molecular complexity index is 733. The molecule has 1 unspecified atom stereocenters. The van der Waals surface area contributed by atoms with Crippen LogP contribution in [0.3, 0.4) is 0 Å². The van der Waals surface area contributed by atoms with Crippen LogP contribution in [0.15, 0.2) is 24.3 Å². The zero-order chi connectivity index (χ0) is 18.0. The molecule has 1 aromatic carbocycles. The van der Waals surface area contributed by atoms with Crippen molar-refractivity contribution in [1.82, 2.24) is 15.5 Å². The van der Waals surface area contributed by atoms with Crippen LogP contribution in [0.25, 0.3) is 0 Å². The average molecular weight is 344 g/mol. The highest BCUT2D eigenvalue weighted by atomic mass is 16.2. The maximum Gasteiger partial charge on any atom is 0.322 e. The Morgan fingerprint density at radius 3 is 2.60 bits per heavy atom. The van der Waals surface area contributed by atoms with Crippen LogP contribution in [0.4, 0.5) is 10.5 Å². The number of anilines is 1. The first-order chi connectivity index (χ1) is 12.0. The molecule has 2 fully saturated rings. The van der Waals surface area contributed by atoms with E-state index in [0.29, 0.717) is 13.1 Å². The van der Waals surface area contributed by atoms with Gasteiger partial charge in [-0.05, 0) is 25.0 Å². The van der Waals surface area contributed by atoms with Crippen LogP contribution in [0.5, 0.6) is 0 Å². The number of carbonyl (C=O) groups excluding carboxylic acids is 4. The quantitative estimate of drug-likeness (QED) is 0.760. The van der Waals surface area contributed by atoms with E-state index in [2.05, 4.69) is 10.6 Å². The number of nitrogens with zero attached hydrogens (tertiary/aromatic N) is 2. The molecule has 25 heavy (non-hydrogen) atoms. The normalized spacial score (nSPS) is 20.5. The van der Waals surface area contributed by atoms with Gasteiger partial charge in [-0.2, -0.15) is 0 Å². The molecule has 2 saturated heterocycles. The largest absolute Gasteiger partial charge is 0.332 e. The van der Waals surface area contributed by atoms with E-state index >= 15 is 0 Å². The van der Waals surface area contributed by atoms with E-state index < -0.39 is 18.0 Å². The van der Waals surface area contributed by atoms with Gasteiger partial charge in [-0.3, -0.25) is 19.7 Å². The maximum atomic E-state index is 12.4. The Morgan fingerprint density at radius 1 is 1.20 bits per heavy atom. The van der Waals surface area contributed by atoms with E-state index in [-0.39, 0.29) is 31.2 Å². The van der Waals surface area contributed by atoms with E-state index in [1.54, 1.807) is 4.90 Å². The van der Waals surface area contributed by atoms with Gasteiger partial charge >= 0.3 is 6.03 Å². The van der Waals surface area contributed by atoms with Crippen molar-refractivity contribution >= 4 is 29.4 Å². The number of hydrogen-bond donors (Lipinski definition) is 2. The molecule has 3 rings (SSSR count). The molecule has 0 saturated carbocycles. The molecular weight excluding hydrogens is 324 g/mol. The number of benzene rings is 1. The number of aryl methyl sites for hydroxylation is 1. The molecule has 2 aliphatic heterocycles. The van der Waals surface area contributed by atoms with E-state index in [0.717, 1.165) is 11.3 Å². The molecule has 5 amide bonds. The standard InChI is InChI=1S/C17H20N4O4/c1-11-4-2-3-5-13(11)21-9-8-20(10-15(21)23)14(22)7-6-12-16(24)19-17(25)18-12/h2-5,12H,6-10H2,1H3,(H2,18,19,24,25). The van der Waals surface area contributed by atoms with Crippen LogP contribution in [-0.2, 0) is 14.4 Å². The molecule has 0 radical (unpaired) electrons. The molecule has 8 heteroatoms. The van der Waals surface area contributed by atoms with Gasteiger partial charge in [-0.25, -0.2) is 4.79 Å². The number of nitrogens with one attached hydrogen (secondary N) is 2. The molecule has 132 valence electrons. The molecular formula is C17H20N4O4. The van der Waals surface area contributed by atoms with Crippen LogP contribution >= 0.6 is 0 Å². The number of piperazine rings is 1. The van der Waals surface area contributed by atoms with Crippen LogP contribution < -0.4 is 15.5 Å². The van der Waals surface area contributed by atoms with Gasteiger partial charge in [0, 0.05) is 25.2 Å². The number of para-hydroxylation sites is 1. The van der Waals surface area contributed by atoms with Crippen molar-refractivity contribution in [3.05, 3.63) is 29.8 Å². The lowest BCUT2D eigenvalue weighted by molar-refractivity contribution is -0.137. The molecule has 1 aromatic rings. The second-order valence-corrected chi connectivity index (χ2v) is 6.20. The molecule has 8 nitrogen and oxygen atoms in total. The highest BCUT2D eigenvalue weighted by molar-refractivity contribution is 6.04. The summed E-state index contributed by atoms with van der Waals surface area (Å²) in [5.74, 6) is -0.731. The van der Waals surface area contributed by atoms with Crippen molar-refractivity contribution in [2.24, 2.45) is 0 Å². The molecule has 0 spiro atoms. The summed E-state index contributed by atoms with van der Waals surface area (Å²) in [4.78, 5) is 50.5. The summed E-state index contributed by atoms with van der Waals surface area (Å²) >= 11 is 0. The fraction of sp³-hybridized carbons (Fsp3) is 0.412. The Labute approximate surface area is 145 Å². The Hall–Kier alpha value is -2.90. The lowest BCUT2D eigenvalue weighted by atomic mass is 10.1. The highest BCUT2D eigenvalue weighted by Crippen LogP contribution is 2.22. The molecule has 0 aliphatic carbocycles. The van der Waals surface area contributed by atoms with Crippen molar-refractivity contribution in [1.29, 1.82) is 0 Å². The fourth-order valence-electron chi connectivity index (χ4n) is 3.10. The second kappa shape index (κ2) is 6.92. The third-order valence-corrected chi connectivity index (χ3v) is 4.49. The number of amides is 5. The van der Waals surface area contributed by atoms with E-state index in [9.17, 15) is 19.2 Å². The van der Waals surface area contributed by atoms with Crippen LogP contribution in [0.2, 0.25) is 0 Å². The SMILES string of the molecule is Cc1ccccc1N1CCN(C(=O)CCC2NC(=O)NC2=O)CC1=O. The number of carbonyl (C=O) groups is 4. The summed E-state index contributed by atoms with van der Waals surface area (Å²) in [7, 11) is 0. The van der Waals surface area contributed by atoms with Gasteiger partial charge in [0.05, 0.1) is 0 Å². The fourth-order valence-corrected chi connectivity index (χ4v) is 3.10. The zero-order valence-corrected chi connectivity index (χ0v) is 13.9. The smallest absolute Gasteiger partial charge is 0.322 e. The van der Waals surface area contributed by atoms with Gasteiger partial charge < -0.3 is 15.1 Å². The maximum absolute atomic E-state index is 12.4. The lowest BCUT2D eigenvalue weighted by Gasteiger charge is -2.35. The number of imide groups is 1. The van der Waals surface area contributed by atoms with Crippen molar-refractivity contribution in [2.45, 2.75) is 25.8 Å². The topological polar surface area (TPSA) is 98.8 Å². The van der Waals surface area contributed by atoms with E-state index in [1.807, 2.05) is 31.2 Å². The third-order valence-electron chi connectivity index (χ3n) is 4.49. The average Bonchev–Trinajstić information content (AvgIpc) is 2.91. The van der Waals surface area contributed by atoms with Crippen LogP contribution in [0.1, 0.15) is 18.4 Å².